The first-order chi connectivity index (χ1) is 36.7. The zero-order valence-corrected chi connectivity index (χ0v) is 44.6. The van der Waals surface area contributed by atoms with Crippen LogP contribution in [-0.2, 0) is 16.2 Å². The lowest BCUT2D eigenvalue weighted by Crippen LogP contribution is -2.61. The van der Waals surface area contributed by atoms with E-state index in [-0.39, 0.29) is 23.0 Å². The Morgan fingerprint density at radius 2 is 0.987 bits per heavy atom. The number of anilines is 9. The van der Waals surface area contributed by atoms with Crippen LogP contribution in [0.4, 0.5) is 51.2 Å². The van der Waals surface area contributed by atoms with Crippen LogP contribution in [0.5, 0.6) is 0 Å². The maximum Gasteiger partial charge on any atom is 0.252 e. The summed E-state index contributed by atoms with van der Waals surface area (Å²) in [6.07, 6.45) is 0. The Balaban J connectivity index is 1.05. The normalized spacial score (nSPS) is 14.1. The molecule has 1 aromatic heterocycles. The van der Waals surface area contributed by atoms with Crippen molar-refractivity contribution in [2.24, 2.45) is 0 Å². The molecule has 5 heteroatoms. The number of fused-ring (bicyclic) bond motifs is 10. The van der Waals surface area contributed by atoms with Gasteiger partial charge in [0, 0.05) is 61.7 Å². The Bertz CT molecular complexity index is 4080. The van der Waals surface area contributed by atoms with E-state index in [0.29, 0.717) is 0 Å². The molecular weight excluding hydrogens is 922 g/mol. The summed E-state index contributed by atoms with van der Waals surface area (Å²) in [5.41, 5.74) is 25.9. The molecule has 0 radical (unpaired) electrons. The van der Waals surface area contributed by atoms with Crippen LogP contribution in [0.3, 0.4) is 0 Å². The minimum absolute atomic E-state index is 0.0558. The highest BCUT2D eigenvalue weighted by molar-refractivity contribution is 7.00. The number of hydrogen-bond donors (Lipinski definition) is 0. The number of hydrogen-bond acceptors (Lipinski definition) is 4. The minimum Gasteiger partial charge on any atom is -0.456 e. The van der Waals surface area contributed by atoms with Crippen LogP contribution >= 0.6 is 0 Å². The maximum atomic E-state index is 6.40. The van der Waals surface area contributed by atoms with Crippen molar-refractivity contribution in [2.45, 2.75) is 71.6 Å². The van der Waals surface area contributed by atoms with Crippen molar-refractivity contribution in [1.29, 1.82) is 0 Å². The summed E-state index contributed by atoms with van der Waals surface area (Å²) in [5, 5.41) is 2.27. The minimum atomic E-state index is -0.178. The van der Waals surface area contributed by atoms with E-state index in [0.717, 1.165) is 67.2 Å². The Morgan fingerprint density at radius 1 is 0.408 bits per heavy atom. The van der Waals surface area contributed by atoms with Crippen molar-refractivity contribution in [1.82, 2.24) is 0 Å². The van der Waals surface area contributed by atoms with Gasteiger partial charge in [0.2, 0.25) is 0 Å². The average molecular weight is 982 g/mol. The molecule has 0 spiro atoms. The first kappa shape index (κ1) is 46.0. The third kappa shape index (κ3) is 7.12. The van der Waals surface area contributed by atoms with Crippen LogP contribution in [0, 0.1) is 0 Å². The van der Waals surface area contributed by atoms with Gasteiger partial charge in [-0.1, -0.05) is 183 Å². The maximum absolute atomic E-state index is 6.40. The Labute approximate surface area is 447 Å². The summed E-state index contributed by atoms with van der Waals surface area (Å²) in [7, 11) is 0. The summed E-state index contributed by atoms with van der Waals surface area (Å²) < 4.78 is 6.40. The molecule has 0 N–H and O–H groups in total. The van der Waals surface area contributed by atoms with Gasteiger partial charge in [0.05, 0.1) is 5.69 Å². The van der Waals surface area contributed by atoms with Crippen molar-refractivity contribution >= 4 is 96.2 Å². The number of rotatable bonds is 6. The average Bonchev–Trinajstić information content (AvgIpc) is 3.92. The first-order valence-corrected chi connectivity index (χ1v) is 26.9. The predicted octanol–water partition coefficient (Wildman–Crippen LogP) is 17.7. The summed E-state index contributed by atoms with van der Waals surface area (Å²) >= 11 is 0. The van der Waals surface area contributed by atoms with Gasteiger partial charge in [-0.15, -0.1) is 0 Å². The Kier molecular flexibility index (Phi) is 10.1. The first-order valence-electron chi connectivity index (χ1n) is 26.9. The molecule has 14 rings (SSSR count). The van der Waals surface area contributed by atoms with Gasteiger partial charge in [-0.3, -0.25) is 0 Å². The zero-order chi connectivity index (χ0) is 51.8. The largest absolute Gasteiger partial charge is 0.456 e. The van der Waals surface area contributed by atoms with E-state index in [1.807, 2.05) is 6.07 Å². The lowest BCUT2D eigenvalue weighted by Gasteiger charge is -2.45. The molecule has 0 bridgehead atoms. The topological polar surface area (TPSA) is 22.9 Å². The highest BCUT2D eigenvalue weighted by Crippen LogP contribution is 2.53. The van der Waals surface area contributed by atoms with E-state index in [2.05, 4.69) is 282 Å². The Morgan fingerprint density at radius 3 is 1.70 bits per heavy atom. The van der Waals surface area contributed by atoms with Gasteiger partial charge in [0.15, 0.2) is 0 Å². The second-order valence-corrected chi connectivity index (χ2v) is 23.8. The molecule has 3 aliphatic rings. The van der Waals surface area contributed by atoms with Crippen LogP contribution in [0.15, 0.2) is 223 Å². The smallest absolute Gasteiger partial charge is 0.252 e. The number of furan rings is 1. The Hall–Kier alpha value is -8.54. The summed E-state index contributed by atoms with van der Waals surface area (Å²) in [6.45, 7) is 18.7. The molecule has 0 unspecified atom stereocenters. The SMILES string of the molecule is CC(C)(C)c1ccc2c(c1)B1c3ccc(C(C)(C)C)cc3N(c3ccc(-c4ccc5c(c4)oc4ccccc45)cc3)c3cc(N(c4ccccc4)c4ccccc4)cc(c31)N2c1ccc2c(c1)C(C)(C)c1ccccc1-2. The van der Waals surface area contributed by atoms with E-state index >= 15 is 0 Å². The third-order valence-corrected chi connectivity index (χ3v) is 16.7. The summed E-state index contributed by atoms with van der Waals surface area (Å²) in [5.74, 6) is 0. The van der Waals surface area contributed by atoms with E-state index in [1.54, 1.807) is 0 Å². The lowest BCUT2D eigenvalue weighted by atomic mass is 9.33. The second kappa shape index (κ2) is 16.7. The van der Waals surface area contributed by atoms with Crippen LogP contribution in [0.1, 0.15) is 77.6 Å². The molecule has 368 valence electrons. The van der Waals surface area contributed by atoms with Crippen LogP contribution < -0.4 is 31.1 Å². The van der Waals surface area contributed by atoms with E-state index in [1.165, 1.54) is 66.8 Å². The molecule has 2 aliphatic heterocycles. The van der Waals surface area contributed by atoms with Crippen LogP contribution in [0.2, 0.25) is 0 Å². The molecule has 0 saturated carbocycles. The van der Waals surface area contributed by atoms with Gasteiger partial charge in [-0.05, 0) is 163 Å². The molecule has 4 nitrogen and oxygen atoms in total. The molecule has 3 heterocycles. The summed E-state index contributed by atoms with van der Waals surface area (Å²) in [4.78, 5) is 7.60. The molecule has 76 heavy (non-hydrogen) atoms. The quantitative estimate of drug-likeness (QED) is 0.155. The molecule has 0 saturated heterocycles. The number of nitrogens with zero attached hydrogens (tertiary/aromatic N) is 3. The van der Waals surface area contributed by atoms with Crippen molar-refractivity contribution in [2.75, 3.05) is 14.7 Å². The monoisotopic (exact) mass is 981 g/mol. The van der Waals surface area contributed by atoms with Gasteiger partial charge in [-0.25, -0.2) is 0 Å². The van der Waals surface area contributed by atoms with Gasteiger partial charge >= 0.3 is 0 Å². The number of para-hydroxylation sites is 3. The predicted molar refractivity (Wildman–Crippen MR) is 323 cm³/mol. The zero-order valence-electron chi connectivity index (χ0n) is 44.6. The standard InChI is InChI=1S/C71H60BN3O/c1-69(2,3)47-31-38-62-61(40-47)72-60-37-30-48(70(4,5)6)41-63(60)74(51-32-27-45(28-33-51)46-29-35-57-56-24-16-18-26-66(56)76-67(57)39-46)64-43-53(73(49-19-11-9-12-20-49)50-21-13-10-14-22-50)44-65(68(64)72)75(62)52-34-36-55-54-23-15-17-25-58(54)71(7,8)59(55)42-52/h9-44H,1-8H3. The number of benzene rings is 10. The molecule has 0 amide bonds. The molecule has 10 aromatic carbocycles. The van der Waals surface area contributed by atoms with Gasteiger partial charge in [0.25, 0.3) is 6.71 Å². The van der Waals surface area contributed by atoms with Crippen molar-refractivity contribution < 1.29 is 4.42 Å². The highest BCUT2D eigenvalue weighted by Gasteiger charge is 2.45. The molecule has 11 aromatic rings. The van der Waals surface area contributed by atoms with Crippen molar-refractivity contribution in [3.63, 3.8) is 0 Å². The third-order valence-electron chi connectivity index (χ3n) is 16.7. The molecule has 1 aliphatic carbocycles. The van der Waals surface area contributed by atoms with Gasteiger partial charge in [-0.2, -0.15) is 0 Å². The van der Waals surface area contributed by atoms with Crippen molar-refractivity contribution in [3.8, 4) is 22.3 Å². The van der Waals surface area contributed by atoms with E-state index in [9.17, 15) is 0 Å². The summed E-state index contributed by atoms with van der Waals surface area (Å²) in [6, 6.07) is 81.7. The lowest BCUT2D eigenvalue weighted by molar-refractivity contribution is 0.590. The fourth-order valence-corrected chi connectivity index (χ4v) is 12.7. The van der Waals surface area contributed by atoms with Crippen molar-refractivity contribution in [3.05, 3.63) is 241 Å². The molecular formula is C71H60BN3O. The van der Waals surface area contributed by atoms with E-state index < -0.39 is 0 Å². The fourth-order valence-electron chi connectivity index (χ4n) is 12.7. The van der Waals surface area contributed by atoms with Crippen LogP contribution in [-0.4, -0.2) is 6.71 Å². The van der Waals surface area contributed by atoms with E-state index in [4.69, 9.17) is 4.42 Å². The van der Waals surface area contributed by atoms with Gasteiger partial charge in [0.1, 0.15) is 11.2 Å². The van der Waals surface area contributed by atoms with Crippen LogP contribution in [0.25, 0.3) is 44.2 Å². The molecule has 0 fully saturated rings. The second-order valence-electron chi connectivity index (χ2n) is 23.8. The molecule has 0 atom stereocenters. The fraction of sp³-hybridized carbons (Fsp3) is 0.155. The van der Waals surface area contributed by atoms with Gasteiger partial charge < -0.3 is 19.1 Å². The highest BCUT2D eigenvalue weighted by atomic mass is 16.3.